The maximum Gasteiger partial charge on any atom is 0.0555 e. The number of thiophene rings is 1. The Morgan fingerprint density at radius 1 is 0.471 bits per heavy atom. The first-order valence-electron chi connectivity index (χ1n) is 11.6. The number of fused-ring (bicyclic) bond motifs is 11. The molecular weight excluding hydrogens is 430 g/mol. The Morgan fingerprint density at radius 2 is 1.09 bits per heavy atom. The minimum Gasteiger partial charge on any atom is -0.309 e. The van der Waals surface area contributed by atoms with Crippen LogP contribution in [0.25, 0.3) is 69.9 Å². The number of aromatic nitrogens is 1. The molecule has 0 spiro atoms. The van der Waals surface area contributed by atoms with Gasteiger partial charge in [0.05, 0.1) is 11.0 Å². The zero-order valence-electron chi connectivity index (χ0n) is 18.3. The highest BCUT2D eigenvalue weighted by atomic mass is 32.1. The largest absolute Gasteiger partial charge is 0.309 e. The van der Waals surface area contributed by atoms with Crippen molar-refractivity contribution in [1.82, 2.24) is 4.57 Å². The summed E-state index contributed by atoms with van der Waals surface area (Å²) in [5, 5.41) is 14.0. The van der Waals surface area contributed by atoms with Crippen molar-refractivity contribution in [3.05, 3.63) is 115 Å². The summed E-state index contributed by atoms with van der Waals surface area (Å²) in [7, 11) is 0. The second-order valence-corrected chi connectivity index (χ2v) is 9.89. The molecule has 0 unspecified atom stereocenters. The second-order valence-electron chi connectivity index (χ2n) is 8.97. The lowest BCUT2D eigenvalue weighted by atomic mass is 9.94. The van der Waals surface area contributed by atoms with Crippen LogP contribution in [0.4, 0.5) is 0 Å². The zero-order valence-corrected chi connectivity index (χ0v) is 19.1. The van der Waals surface area contributed by atoms with Crippen LogP contribution >= 0.6 is 11.3 Å². The molecule has 0 atom stereocenters. The van der Waals surface area contributed by atoms with Gasteiger partial charge in [0, 0.05) is 21.2 Å². The molecule has 0 bridgehead atoms. The highest BCUT2D eigenvalue weighted by Gasteiger charge is 2.16. The Kier molecular flexibility index (Phi) is 3.60. The molecule has 34 heavy (non-hydrogen) atoms. The normalized spacial score (nSPS) is 12.1. The van der Waals surface area contributed by atoms with Gasteiger partial charge in [-0.2, -0.15) is 0 Å². The van der Waals surface area contributed by atoms with Crippen LogP contribution in [0, 0.1) is 0 Å². The van der Waals surface area contributed by atoms with E-state index in [1.165, 1.54) is 69.9 Å². The van der Waals surface area contributed by atoms with Crippen LogP contribution in [-0.4, -0.2) is 4.57 Å². The van der Waals surface area contributed by atoms with Gasteiger partial charge >= 0.3 is 0 Å². The minimum atomic E-state index is 1.20. The fourth-order valence-electron chi connectivity index (χ4n) is 5.79. The summed E-state index contributed by atoms with van der Waals surface area (Å²) < 4.78 is 3.80. The van der Waals surface area contributed by atoms with Crippen LogP contribution in [0.5, 0.6) is 0 Å². The van der Waals surface area contributed by atoms with Gasteiger partial charge in [-0.15, -0.1) is 11.3 Å². The quantitative estimate of drug-likeness (QED) is 0.220. The Bertz CT molecular complexity index is 2040. The Hall–Kier alpha value is -4.14. The predicted molar refractivity (Wildman–Crippen MR) is 149 cm³/mol. The van der Waals surface area contributed by atoms with Crippen molar-refractivity contribution in [2.24, 2.45) is 0 Å². The zero-order chi connectivity index (χ0) is 22.2. The molecule has 0 aliphatic rings. The number of hydrogen-bond donors (Lipinski definition) is 0. The molecule has 0 amide bonds. The molecule has 0 fully saturated rings. The molecule has 0 N–H and O–H groups in total. The van der Waals surface area contributed by atoms with Crippen molar-refractivity contribution in [2.45, 2.75) is 0 Å². The minimum absolute atomic E-state index is 1.20. The van der Waals surface area contributed by atoms with Crippen molar-refractivity contribution >= 4 is 75.5 Å². The van der Waals surface area contributed by atoms with E-state index in [1.54, 1.807) is 0 Å². The van der Waals surface area contributed by atoms with Gasteiger partial charge < -0.3 is 4.57 Å². The third-order valence-corrected chi connectivity index (χ3v) is 8.19. The highest BCUT2D eigenvalue weighted by molar-refractivity contribution is 7.18. The van der Waals surface area contributed by atoms with Gasteiger partial charge in [-0.3, -0.25) is 0 Å². The number of para-hydroxylation sites is 1. The summed E-state index contributed by atoms with van der Waals surface area (Å²) >= 11 is 1.83. The molecule has 0 aliphatic carbocycles. The van der Waals surface area contributed by atoms with Gasteiger partial charge in [-0.25, -0.2) is 0 Å². The van der Waals surface area contributed by atoms with E-state index in [-0.39, 0.29) is 0 Å². The van der Waals surface area contributed by atoms with Gasteiger partial charge in [0.25, 0.3) is 0 Å². The molecule has 6 aromatic carbocycles. The SMILES string of the molecule is c1ccc2c(c1)c1ccccc1c1cc(-n3c4ccccc4c4c5sccc5ccc43)ccc21. The van der Waals surface area contributed by atoms with Crippen molar-refractivity contribution < 1.29 is 0 Å². The van der Waals surface area contributed by atoms with Crippen LogP contribution in [0.2, 0.25) is 0 Å². The summed E-state index contributed by atoms with van der Waals surface area (Å²) in [6, 6.07) is 40.1. The maximum atomic E-state index is 2.44. The van der Waals surface area contributed by atoms with Gasteiger partial charge in [0.2, 0.25) is 0 Å². The lowest BCUT2D eigenvalue weighted by molar-refractivity contribution is 1.19. The van der Waals surface area contributed by atoms with Crippen LogP contribution in [0.3, 0.4) is 0 Å². The van der Waals surface area contributed by atoms with E-state index in [9.17, 15) is 0 Å². The highest BCUT2D eigenvalue weighted by Crippen LogP contribution is 2.41. The summed E-state index contributed by atoms with van der Waals surface area (Å²) in [5.74, 6) is 0. The third kappa shape index (κ3) is 2.33. The van der Waals surface area contributed by atoms with Crippen molar-refractivity contribution in [2.75, 3.05) is 0 Å². The third-order valence-electron chi connectivity index (χ3n) is 7.24. The Morgan fingerprint density at radius 3 is 1.82 bits per heavy atom. The number of hydrogen-bond acceptors (Lipinski definition) is 1. The summed E-state index contributed by atoms with van der Waals surface area (Å²) in [5.41, 5.74) is 3.72. The van der Waals surface area contributed by atoms with Crippen molar-refractivity contribution in [3.63, 3.8) is 0 Å². The van der Waals surface area contributed by atoms with Crippen LogP contribution in [0.1, 0.15) is 0 Å². The standard InChI is InChI=1S/C32H19NS/c1-2-9-24-22(7-1)23-8-3-4-10-25(23)28-19-21(14-15-26(24)28)33-29-12-6-5-11-27(29)31-30(33)16-13-20-17-18-34-32(20)31/h1-19H. The molecule has 2 aromatic heterocycles. The topological polar surface area (TPSA) is 4.93 Å². The maximum absolute atomic E-state index is 2.44. The molecular formula is C32H19NS. The second kappa shape index (κ2) is 6.69. The molecule has 8 aromatic rings. The lowest BCUT2D eigenvalue weighted by Gasteiger charge is -2.13. The van der Waals surface area contributed by atoms with E-state index >= 15 is 0 Å². The van der Waals surface area contributed by atoms with Gasteiger partial charge in [-0.1, -0.05) is 78.9 Å². The van der Waals surface area contributed by atoms with Crippen molar-refractivity contribution in [3.8, 4) is 5.69 Å². The van der Waals surface area contributed by atoms with Crippen molar-refractivity contribution in [1.29, 1.82) is 0 Å². The predicted octanol–water partition coefficient (Wildman–Crippen LogP) is 9.46. The molecule has 0 radical (unpaired) electrons. The average molecular weight is 450 g/mol. The van der Waals surface area contributed by atoms with Gasteiger partial charge in [0.15, 0.2) is 0 Å². The molecule has 8 rings (SSSR count). The van der Waals surface area contributed by atoms with E-state index in [4.69, 9.17) is 0 Å². The van der Waals surface area contributed by atoms with Crippen LogP contribution in [0.15, 0.2) is 115 Å². The first-order valence-corrected chi connectivity index (χ1v) is 12.5. The number of benzene rings is 6. The Labute approximate surface area is 200 Å². The van der Waals surface area contributed by atoms with Crippen LogP contribution < -0.4 is 0 Å². The number of nitrogens with zero attached hydrogens (tertiary/aromatic N) is 1. The molecule has 0 saturated heterocycles. The van der Waals surface area contributed by atoms with E-state index in [2.05, 4.69) is 119 Å². The van der Waals surface area contributed by atoms with E-state index in [0.29, 0.717) is 0 Å². The lowest BCUT2D eigenvalue weighted by Crippen LogP contribution is -1.94. The molecule has 2 heteroatoms. The molecule has 0 aliphatic heterocycles. The summed E-state index contributed by atoms with van der Waals surface area (Å²) in [6.07, 6.45) is 0. The van der Waals surface area contributed by atoms with Gasteiger partial charge in [0.1, 0.15) is 0 Å². The molecule has 158 valence electrons. The number of rotatable bonds is 1. The Balaban J connectivity index is 1.55. The van der Waals surface area contributed by atoms with E-state index < -0.39 is 0 Å². The first-order chi connectivity index (χ1) is 16.9. The summed E-state index contributed by atoms with van der Waals surface area (Å²) in [6.45, 7) is 0. The van der Waals surface area contributed by atoms with E-state index in [1.807, 2.05) is 11.3 Å². The molecule has 0 saturated carbocycles. The fourth-order valence-corrected chi connectivity index (χ4v) is 6.75. The fraction of sp³-hybridized carbons (Fsp3) is 0. The first kappa shape index (κ1) is 18.3. The van der Waals surface area contributed by atoms with Gasteiger partial charge in [-0.05, 0) is 73.4 Å². The molecule has 1 nitrogen and oxygen atoms in total. The summed E-state index contributed by atoms with van der Waals surface area (Å²) in [4.78, 5) is 0. The van der Waals surface area contributed by atoms with E-state index in [0.717, 1.165) is 0 Å². The monoisotopic (exact) mass is 449 g/mol. The molecule has 2 heterocycles. The smallest absolute Gasteiger partial charge is 0.0555 e. The van der Waals surface area contributed by atoms with Crippen LogP contribution in [-0.2, 0) is 0 Å². The average Bonchev–Trinajstić information content (AvgIpc) is 3.51.